The highest BCUT2D eigenvalue weighted by atomic mass is 32.2. The van der Waals surface area contributed by atoms with Crippen molar-refractivity contribution >= 4 is 10.1 Å². The van der Waals surface area contributed by atoms with Gasteiger partial charge in [0.15, 0.2) is 0 Å². The summed E-state index contributed by atoms with van der Waals surface area (Å²) in [7, 11) is -3.65. The van der Waals surface area contributed by atoms with Crippen LogP contribution in [0.5, 0.6) is 0 Å². The molecule has 0 aliphatic carbocycles. The zero-order valence-corrected chi connectivity index (χ0v) is 24.7. The lowest BCUT2D eigenvalue weighted by Gasteiger charge is -2.11. The van der Waals surface area contributed by atoms with Gasteiger partial charge < -0.3 is 14.6 Å². The molecule has 0 saturated carbocycles. The maximum atomic E-state index is 12.1. The van der Waals surface area contributed by atoms with E-state index in [1.54, 1.807) is 0 Å². The van der Waals surface area contributed by atoms with Gasteiger partial charge in [-0.15, -0.1) is 0 Å². The molecule has 0 fully saturated rings. The average Bonchev–Trinajstić information content (AvgIpc) is 2.84. The predicted octanol–water partition coefficient (Wildman–Crippen LogP) is 7.57. The van der Waals surface area contributed by atoms with E-state index in [-0.39, 0.29) is 12.4 Å². The molecule has 6 nitrogen and oxygen atoms in total. The molecule has 0 radical (unpaired) electrons. The van der Waals surface area contributed by atoms with Gasteiger partial charge >= 0.3 is 0 Å². The highest BCUT2D eigenvalue weighted by Crippen LogP contribution is 2.11. The van der Waals surface area contributed by atoms with E-state index >= 15 is 0 Å². The highest BCUT2D eigenvalue weighted by molar-refractivity contribution is 7.86. The van der Waals surface area contributed by atoms with Crippen LogP contribution in [-0.4, -0.2) is 58.4 Å². The van der Waals surface area contributed by atoms with E-state index in [0.29, 0.717) is 6.42 Å². The molecule has 36 heavy (non-hydrogen) atoms. The van der Waals surface area contributed by atoms with Crippen molar-refractivity contribution in [3.63, 3.8) is 0 Å². The van der Waals surface area contributed by atoms with Gasteiger partial charge in [-0.3, -0.25) is 4.18 Å². The molecule has 0 bridgehead atoms. The summed E-state index contributed by atoms with van der Waals surface area (Å²) in [6.07, 6.45) is 21.0. The van der Waals surface area contributed by atoms with Gasteiger partial charge in [0, 0.05) is 26.4 Å². The molecular formula is C29H60O6S. The Morgan fingerprint density at radius 2 is 0.889 bits per heavy atom. The first-order valence-electron chi connectivity index (χ1n) is 15.2. The van der Waals surface area contributed by atoms with Crippen LogP contribution >= 0.6 is 0 Å². The normalized spacial score (nSPS) is 12.9. The van der Waals surface area contributed by atoms with Crippen LogP contribution in [0.15, 0.2) is 0 Å². The van der Waals surface area contributed by atoms with E-state index in [1.165, 1.54) is 44.9 Å². The second kappa shape index (κ2) is 27.8. The molecule has 1 N–H and O–H groups in total. The molecule has 0 aliphatic heterocycles. The van der Waals surface area contributed by atoms with E-state index in [2.05, 4.69) is 13.8 Å². The maximum Gasteiger partial charge on any atom is 0.269 e. The first-order valence-corrected chi connectivity index (χ1v) is 16.8. The number of hydrogen-bond donors (Lipinski definition) is 1. The molecule has 0 aliphatic rings. The van der Waals surface area contributed by atoms with Crippen LogP contribution in [0.2, 0.25) is 0 Å². The Labute approximate surface area is 224 Å². The molecule has 218 valence electrons. The predicted molar refractivity (Wildman–Crippen MR) is 151 cm³/mol. The molecule has 0 aromatic carbocycles. The van der Waals surface area contributed by atoms with Crippen LogP contribution in [0.4, 0.5) is 0 Å². The topological polar surface area (TPSA) is 82.1 Å². The van der Waals surface area contributed by atoms with Crippen molar-refractivity contribution in [3.8, 4) is 0 Å². The standard InChI is InChI=1S/C29H60O6S/c1-3-5-7-17-23-33-25-19-13-9-10-15-21-27-35-36(31,32)28-29(30)22-16-12-11-14-20-26-34-24-18-8-6-4-2/h29-30H,3-28H2,1-2H3. The Bertz CT molecular complexity index is 526. The van der Waals surface area contributed by atoms with Crippen LogP contribution in [0.3, 0.4) is 0 Å². The van der Waals surface area contributed by atoms with Crippen molar-refractivity contribution < 1.29 is 27.2 Å². The molecule has 0 spiro atoms. The van der Waals surface area contributed by atoms with Crippen molar-refractivity contribution in [2.75, 3.05) is 38.8 Å². The van der Waals surface area contributed by atoms with Gasteiger partial charge in [0.1, 0.15) is 5.75 Å². The minimum Gasteiger partial charge on any atom is -0.392 e. The van der Waals surface area contributed by atoms with E-state index < -0.39 is 16.2 Å². The molecule has 1 atom stereocenters. The Morgan fingerprint density at radius 3 is 1.33 bits per heavy atom. The number of unbranched alkanes of at least 4 members (excludes halogenated alkanes) is 15. The van der Waals surface area contributed by atoms with E-state index in [9.17, 15) is 13.5 Å². The van der Waals surface area contributed by atoms with Crippen molar-refractivity contribution in [2.45, 2.75) is 148 Å². The monoisotopic (exact) mass is 536 g/mol. The Morgan fingerprint density at radius 1 is 0.528 bits per heavy atom. The third-order valence-corrected chi connectivity index (χ3v) is 7.77. The fraction of sp³-hybridized carbons (Fsp3) is 1.00. The lowest BCUT2D eigenvalue weighted by molar-refractivity contribution is 0.125. The minimum atomic E-state index is -3.65. The second-order valence-corrected chi connectivity index (χ2v) is 11.9. The largest absolute Gasteiger partial charge is 0.392 e. The number of hydrogen-bond acceptors (Lipinski definition) is 6. The Kier molecular flexibility index (Phi) is 27.7. The van der Waals surface area contributed by atoms with Gasteiger partial charge in [-0.2, -0.15) is 8.42 Å². The first kappa shape index (κ1) is 35.8. The third-order valence-electron chi connectivity index (χ3n) is 6.45. The van der Waals surface area contributed by atoms with E-state index in [4.69, 9.17) is 13.7 Å². The fourth-order valence-corrected chi connectivity index (χ4v) is 5.25. The first-order chi connectivity index (χ1) is 17.5. The average molecular weight is 537 g/mol. The molecule has 0 saturated heterocycles. The Balaban J connectivity index is 3.44. The molecule has 0 amide bonds. The van der Waals surface area contributed by atoms with Crippen LogP contribution in [-0.2, 0) is 23.8 Å². The lowest BCUT2D eigenvalue weighted by atomic mass is 10.1. The highest BCUT2D eigenvalue weighted by Gasteiger charge is 2.17. The van der Waals surface area contributed by atoms with Crippen molar-refractivity contribution in [3.05, 3.63) is 0 Å². The molecule has 1 unspecified atom stereocenters. The van der Waals surface area contributed by atoms with Gasteiger partial charge in [-0.1, -0.05) is 104 Å². The number of aliphatic hydroxyl groups is 1. The second-order valence-electron chi connectivity index (χ2n) is 10.2. The maximum absolute atomic E-state index is 12.1. The van der Waals surface area contributed by atoms with E-state index in [1.807, 2.05) is 0 Å². The number of ether oxygens (including phenoxy) is 2. The summed E-state index contributed by atoms with van der Waals surface area (Å²) in [6, 6.07) is 0. The third kappa shape index (κ3) is 28.4. The molecule has 0 aromatic heterocycles. The van der Waals surface area contributed by atoms with Crippen LogP contribution in [0.1, 0.15) is 142 Å². The van der Waals surface area contributed by atoms with Crippen molar-refractivity contribution in [2.24, 2.45) is 0 Å². The molecule has 7 heteroatoms. The molecule has 0 heterocycles. The summed E-state index contributed by atoms with van der Waals surface area (Å²) < 4.78 is 40.5. The zero-order chi connectivity index (χ0) is 26.6. The number of rotatable bonds is 30. The fourth-order valence-electron chi connectivity index (χ4n) is 4.15. The van der Waals surface area contributed by atoms with Gasteiger partial charge in [-0.05, 0) is 38.5 Å². The summed E-state index contributed by atoms with van der Waals surface area (Å²) in [5.74, 6) is -0.294. The van der Waals surface area contributed by atoms with Crippen LogP contribution in [0.25, 0.3) is 0 Å². The smallest absolute Gasteiger partial charge is 0.269 e. The van der Waals surface area contributed by atoms with E-state index in [0.717, 1.165) is 103 Å². The summed E-state index contributed by atoms with van der Waals surface area (Å²) >= 11 is 0. The molecule has 0 aromatic rings. The molecular weight excluding hydrogens is 476 g/mol. The van der Waals surface area contributed by atoms with Crippen LogP contribution < -0.4 is 0 Å². The quantitative estimate of drug-likeness (QED) is 0.0753. The summed E-state index contributed by atoms with van der Waals surface area (Å²) in [4.78, 5) is 0. The summed E-state index contributed by atoms with van der Waals surface area (Å²) in [5.41, 5.74) is 0. The van der Waals surface area contributed by atoms with Gasteiger partial charge in [-0.25, -0.2) is 0 Å². The summed E-state index contributed by atoms with van der Waals surface area (Å²) in [6.45, 7) is 8.09. The SMILES string of the molecule is CCCCCCOCCCCCCCCOS(=O)(=O)CC(O)CCCCCCCOCCCCCC. The minimum absolute atomic E-state index is 0.219. The van der Waals surface area contributed by atoms with Crippen molar-refractivity contribution in [1.29, 1.82) is 0 Å². The van der Waals surface area contributed by atoms with Gasteiger partial charge in [0.2, 0.25) is 0 Å². The summed E-state index contributed by atoms with van der Waals surface area (Å²) in [5, 5.41) is 10.1. The van der Waals surface area contributed by atoms with Crippen LogP contribution in [0, 0.1) is 0 Å². The lowest BCUT2D eigenvalue weighted by Crippen LogP contribution is -2.23. The zero-order valence-electron chi connectivity index (χ0n) is 23.9. The Hall–Kier alpha value is -0.210. The van der Waals surface area contributed by atoms with Crippen molar-refractivity contribution in [1.82, 2.24) is 0 Å². The van der Waals surface area contributed by atoms with Gasteiger partial charge in [0.25, 0.3) is 10.1 Å². The van der Waals surface area contributed by atoms with Gasteiger partial charge in [0.05, 0.1) is 12.7 Å². The number of aliphatic hydroxyl groups excluding tert-OH is 1. The molecule has 0 rings (SSSR count).